The topological polar surface area (TPSA) is 66.5 Å². The fourth-order valence-electron chi connectivity index (χ4n) is 3.78. The summed E-state index contributed by atoms with van der Waals surface area (Å²) < 4.78 is 28.9. The molecule has 0 aromatic heterocycles. The Morgan fingerprint density at radius 3 is 2.17 bits per heavy atom. The lowest BCUT2D eigenvalue weighted by molar-refractivity contribution is -0.119. The number of fused-ring (bicyclic) bond motifs is 1. The lowest BCUT2D eigenvalue weighted by atomic mass is 9.77. The van der Waals surface area contributed by atoms with E-state index in [2.05, 4.69) is 18.6 Å². The van der Waals surface area contributed by atoms with Gasteiger partial charge in [-0.25, -0.2) is 13.1 Å². The van der Waals surface area contributed by atoms with Gasteiger partial charge in [0, 0.05) is 30.6 Å². The van der Waals surface area contributed by atoms with E-state index in [0.29, 0.717) is 12.3 Å². The van der Waals surface area contributed by atoms with Crippen molar-refractivity contribution in [3.05, 3.63) is 59.2 Å². The molecule has 0 spiro atoms. The van der Waals surface area contributed by atoms with Crippen LogP contribution in [0, 0.1) is 0 Å². The molecule has 1 aliphatic heterocycles. The largest absolute Gasteiger partial charge is 0.315 e. The van der Waals surface area contributed by atoms with Crippen LogP contribution in [0.2, 0.25) is 0 Å². The fraction of sp³-hybridized carbons (Fsp3) is 0.435. The van der Waals surface area contributed by atoms with Crippen molar-refractivity contribution in [1.82, 2.24) is 4.72 Å². The molecule has 2 aromatic carbocycles. The number of benzene rings is 2. The molecule has 3 rings (SSSR count). The maximum atomic E-state index is 13.0. The minimum atomic E-state index is -3.70. The Morgan fingerprint density at radius 1 is 1.00 bits per heavy atom. The zero-order chi connectivity index (χ0) is 21.6. The number of rotatable bonds is 5. The first-order valence-electron chi connectivity index (χ1n) is 9.95. The van der Waals surface area contributed by atoms with Gasteiger partial charge in [-0.15, -0.1) is 0 Å². The Labute approximate surface area is 174 Å². The van der Waals surface area contributed by atoms with Gasteiger partial charge >= 0.3 is 0 Å². The Balaban J connectivity index is 1.89. The average Bonchev–Trinajstić information content (AvgIpc) is 2.65. The summed E-state index contributed by atoms with van der Waals surface area (Å²) in [7, 11) is -1.97. The molecule has 0 fully saturated rings. The normalized spacial score (nSPS) is 17.3. The van der Waals surface area contributed by atoms with Gasteiger partial charge in [-0.05, 0) is 47.7 Å². The van der Waals surface area contributed by atoms with Crippen LogP contribution in [0.1, 0.15) is 69.7 Å². The molecule has 1 amide bonds. The smallest absolute Gasteiger partial charge is 0.241 e. The van der Waals surface area contributed by atoms with E-state index in [0.717, 1.165) is 16.8 Å². The number of amides is 1. The molecule has 5 nitrogen and oxygen atoms in total. The van der Waals surface area contributed by atoms with Crippen molar-refractivity contribution in [2.24, 2.45) is 0 Å². The van der Waals surface area contributed by atoms with Crippen molar-refractivity contribution in [2.45, 2.75) is 63.3 Å². The fourth-order valence-corrected chi connectivity index (χ4v) is 5.04. The van der Waals surface area contributed by atoms with Crippen LogP contribution in [-0.2, 0) is 20.2 Å². The molecule has 1 atom stereocenters. The van der Waals surface area contributed by atoms with Crippen molar-refractivity contribution in [3.63, 3.8) is 0 Å². The van der Waals surface area contributed by atoms with E-state index in [1.165, 1.54) is 5.56 Å². The number of nitrogens with one attached hydrogen (secondary N) is 1. The van der Waals surface area contributed by atoms with Crippen molar-refractivity contribution >= 4 is 21.6 Å². The molecule has 2 aromatic rings. The molecule has 1 aliphatic rings. The van der Waals surface area contributed by atoms with Gasteiger partial charge in [-0.3, -0.25) is 4.79 Å². The summed E-state index contributed by atoms with van der Waals surface area (Å²) in [6.07, 6.45) is 0.353. The van der Waals surface area contributed by atoms with Gasteiger partial charge in [0.25, 0.3) is 0 Å². The summed E-state index contributed by atoms with van der Waals surface area (Å²) in [5.41, 5.74) is 3.36. The Morgan fingerprint density at radius 2 is 1.59 bits per heavy atom. The van der Waals surface area contributed by atoms with Crippen LogP contribution in [0.15, 0.2) is 47.4 Å². The third-order valence-electron chi connectivity index (χ3n) is 5.77. The van der Waals surface area contributed by atoms with Crippen LogP contribution in [0.4, 0.5) is 5.69 Å². The molecule has 0 aliphatic carbocycles. The molecule has 1 unspecified atom stereocenters. The maximum Gasteiger partial charge on any atom is 0.241 e. The summed E-state index contributed by atoms with van der Waals surface area (Å²) in [6.45, 7) is 10.0. The van der Waals surface area contributed by atoms with Gasteiger partial charge in [-0.2, -0.15) is 0 Å². The molecule has 1 N–H and O–H groups in total. The van der Waals surface area contributed by atoms with Crippen molar-refractivity contribution in [2.75, 3.05) is 11.9 Å². The molecule has 156 valence electrons. The first-order valence-corrected chi connectivity index (χ1v) is 11.4. The first-order chi connectivity index (χ1) is 13.4. The number of sulfonamides is 1. The summed E-state index contributed by atoms with van der Waals surface area (Å²) >= 11 is 0. The third kappa shape index (κ3) is 4.23. The van der Waals surface area contributed by atoms with E-state index < -0.39 is 15.4 Å². The molecule has 6 heteroatoms. The maximum absolute atomic E-state index is 13.0. The molecule has 0 radical (unpaired) electrons. The second-order valence-electron chi connectivity index (χ2n) is 8.86. The minimum absolute atomic E-state index is 0.0368. The molecule has 0 saturated heterocycles. The van der Waals surface area contributed by atoms with Crippen LogP contribution in [0.25, 0.3) is 0 Å². The zero-order valence-electron chi connectivity index (χ0n) is 18.0. The van der Waals surface area contributed by atoms with E-state index in [9.17, 15) is 13.2 Å². The monoisotopic (exact) mass is 414 g/mol. The Hall–Kier alpha value is -2.18. The second kappa shape index (κ2) is 7.58. The van der Waals surface area contributed by atoms with E-state index in [1.54, 1.807) is 30.1 Å². The zero-order valence-corrected chi connectivity index (χ0v) is 18.8. The predicted octanol–water partition coefficient (Wildman–Crippen LogP) is 4.49. The summed E-state index contributed by atoms with van der Waals surface area (Å²) in [5.74, 6) is 0.467. The van der Waals surface area contributed by atoms with E-state index >= 15 is 0 Å². The highest BCUT2D eigenvalue weighted by Gasteiger charge is 2.36. The van der Waals surface area contributed by atoms with Gasteiger partial charge in [0.05, 0.1) is 4.90 Å². The first kappa shape index (κ1) is 21.5. The Kier molecular flexibility index (Phi) is 5.62. The lowest BCUT2D eigenvalue weighted by Crippen LogP contribution is -2.39. The Bertz CT molecular complexity index is 1020. The average molecular weight is 415 g/mol. The highest BCUT2D eigenvalue weighted by Crippen LogP contribution is 2.40. The summed E-state index contributed by atoms with van der Waals surface area (Å²) in [4.78, 5) is 14.0. The summed E-state index contributed by atoms with van der Waals surface area (Å²) in [6, 6.07) is 12.7. The van der Waals surface area contributed by atoms with Crippen molar-refractivity contribution in [1.29, 1.82) is 0 Å². The molecule has 29 heavy (non-hydrogen) atoms. The van der Waals surface area contributed by atoms with Crippen LogP contribution < -0.4 is 9.62 Å². The van der Waals surface area contributed by atoms with E-state index in [-0.39, 0.29) is 16.8 Å². The predicted molar refractivity (Wildman–Crippen MR) is 117 cm³/mol. The number of carbonyl (C=O) groups excluding carboxylic acids is 1. The molecule has 0 saturated carbocycles. The number of hydrogen-bond donors (Lipinski definition) is 1. The highest BCUT2D eigenvalue weighted by atomic mass is 32.2. The van der Waals surface area contributed by atoms with Crippen molar-refractivity contribution in [3.8, 4) is 0 Å². The third-order valence-corrected chi connectivity index (χ3v) is 7.31. The lowest BCUT2D eigenvalue weighted by Gasteiger charge is -2.37. The quantitative estimate of drug-likeness (QED) is 0.784. The van der Waals surface area contributed by atoms with Gasteiger partial charge in [0.2, 0.25) is 15.9 Å². The SMILES string of the molecule is CC(C)c1ccc(C(C)NS(=O)(=O)c2ccc3c(c2)C(C)(C)CC(=O)N3C)cc1. The van der Waals surface area contributed by atoms with Gasteiger partial charge in [0.1, 0.15) is 0 Å². The summed E-state index contributed by atoms with van der Waals surface area (Å²) in [5, 5.41) is 0. The standard InChI is InChI=1S/C23H30N2O3S/c1-15(2)17-7-9-18(10-8-17)16(3)24-29(27,28)19-11-12-21-20(13-19)23(4,5)14-22(26)25(21)6/h7-13,15-16,24H,14H2,1-6H3. The van der Waals surface area contributed by atoms with Crippen LogP contribution in [-0.4, -0.2) is 21.4 Å². The minimum Gasteiger partial charge on any atom is -0.315 e. The molecule has 0 bridgehead atoms. The van der Waals surface area contributed by atoms with Gasteiger partial charge in [0.15, 0.2) is 0 Å². The van der Waals surface area contributed by atoms with Crippen LogP contribution >= 0.6 is 0 Å². The van der Waals surface area contributed by atoms with E-state index in [4.69, 9.17) is 0 Å². The van der Waals surface area contributed by atoms with Gasteiger partial charge < -0.3 is 4.90 Å². The number of anilines is 1. The second-order valence-corrected chi connectivity index (χ2v) is 10.6. The number of nitrogens with zero attached hydrogens (tertiary/aromatic N) is 1. The molecular formula is C23H30N2O3S. The number of carbonyl (C=O) groups is 1. The van der Waals surface area contributed by atoms with Crippen LogP contribution in [0.3, 0.4) is 0 Å². The molecule has 1 heterocycles. The van der Waals surface area contributed by atoms with E-state index in [1.807, 2.05) is 45.0 Å². The van der Waals surface area contributed by atoms with Crippen LogP contribution in [0.5, 0.6) is 0 Å². The van der Waals surface area contributed by atoms with Gasteiger partial charge in [-0.1, -0.05) is 52.0 Å². The number of hydrogen-bond acceptors (Lipinski definition) is 3. The molecular weight excluding hydrogens is 384 g/mol. The van der Waals surface area contributed by atoms with Crippen molar-refractivity contribution < 1.29 is 13.2 Å². The highest BCUT2D eigenvalue weighted by molar-refractivity contribution is 7.89.